The lowest BCUT2D eigenvalue weighted by Gasteiger charge is -2.08. The van der Waals surface area contributed by atoms with Crippen LogP contribution in [0.1, 0.15) is 15.9 Å². The number of ether oxygens (including phenoxy) is 1. The van der Waals surface area contributed by atoms with Crippen LogP contribution in [-0.4, -0.2) is 11.0 Å². The molecule has 0 radical (unpaired) electrons. The van der Waals surface area contributed by atoms with Gasteiger partial charge >= 0.3 is 5.97 Å². The third-order valence-corrected chi connectivity index (χ3v) is 3.26. The number of carbonyl (C=O) groups excluding carboxylic acids is 1. The number of carbonyl (C=O) groups is 1. The number of esters is 1. The van der Waals surface area contributed by atoms with Crippen LogP contribution in [-0.2, 0) is 11.3 Å². The highest BCUT2D eigenvalue weighted by Gasteiger charge is 2.11. The summed E-state index contributed by atoms with van der Waals surface area (Å²) in [6.45, 7) is 0.168. The molecule has 2 N–H and O–H groups in total. The van der Waals surface area contributed by atoms with Crippen molar-refractivity contribution in [1.82, 2.24) is 4.98 Å². The number of benzene rings is 2. The van der Waals surface area contributed by atoms with Crippen LogP contribution < -0.4 is 5.73 Å². The molecule has 3 aromatic rings. The van der Waals surface area contributed by atoms with Crippen LogP contribution in [0.15, 0.2) is 60.8 Å². The van der Waals surface area contributed by atoms with Crippen LogP contribution in [0.3, 0.4) is 0 Å². The number of nitrogens with zero attached hydrogens (tertiary/aromatic N) is 1. The summed E-state index contributed by atoms with van der Waals surface area (Å²) in [4.78, 5) is 16.4. The van der Waals surface area contributed by atoms with Crippen LogP contribution in [0.25, 0.3) is 10.9 Å². The van der Waals surface area contributed by atoms with Gasteiger partial charge in [-0.05, 0) is 18.2 Å². The smallest absolute Gasteiger partial charge is 0.340 e. The maximum atomic E-state index is 12.1. The highest BCUT2D eigenvalue weighted by molar-refractivity contribution is 5.95. The standard InChI is InChI=1S/C17H14N2O2/c18-15-9-2-1-8-14(15)17(20)21-11-13-6-3-5-12-7-4-10-19-16(12)13/h1-10H,11,18H2. The molecular weight excluding hydrogens is 264 g/mol. The van der Waals surface area contributed by atoms with E-state index in [0.29, 0.717) is 11.3 Å². The fourth-order valence-electron chi connectivity index (χ4n) is 2.19. The van der Waals surface area contributed by atoms with E-state index in [1.54, 1.807) is 30.5 Å². The summed E-state index contributed by atoms with van der Waals surface area (Å²) in [6, 6.07) is 16.5. The number of nitrogens with two attached hydrogens (primary N) is 1. The third-order valence-electron chi connectivity index (χ3n) is 3.26. The molecule has 0 bridgehead atoms. The Morgan fingerprint density at radius 1 is 1.05 bits per heavy atom. The fraction of sp³-hybridized carbons (Fsp3) is 0.0588. The van der Waals surface area contributed by atoms with Crippen LogP contribution in [0.5, 0.6) is 0 Å². The fourth-order valence-corrected chi connectivity index (χ4v) is 2.19. The molecule has 21 heavy (non-hydrogen) atoms. The lowest BCUT2D eigenvalue weighted by atomic mass is 10.1. The number of pyridine rings is 1. The Bertz CT molecular complexity index is 794. The molecule has 0 aliphatic heterocycles. The second-order valence-electron chi connectivity index (χ2n) is 4.66. The first kappa shape index (κ1) is 13.1. The zero-order valence-electron chi connectivity index (χ0n) is 11.3. The summed E-state index contributed by atoms with van der Waals surface area (Å²) in [5.74, 6) is -0.430. The second kappa shape index (κ2) is 5.63. The van der Waals surface area contributed by atoms with Gasteiger partial charge in [-0.15, -0.1) is 0 Å². The van der Waals surface area contributed by atoms with Crippen molar-refractivity contribution in [3.8, 4) is 0 Å². The maximum absolute atomic E-state index is 12.1. The van der Waals surface area contributed by atoms with Gasteiger partial charge in [-0.3, -0.25) is 4.98 Å². The van der Waals surface area contributed by atoms with Gasteiger partial charge in [0.2, 0.25) is 0 Å². The quantitative estimate of drug-likeness (QED) is 0.590. The van der Waals surface area contributed by atoms with E-state index in [1.165, 1.54) is 0 Å². The Kier molecular flexibility index (Phi) is 3.51. The lowest BCUT2D eigenvalue weighted by Crippen LogP contribution is -2.08. The zero-order chi connectivity index (χ0) is 14.7. The summed E-state index contributed by atoms with van der Waals surface area (Å²) in [5, 5.41) is 1.02. The number of aromatic nitrogens is 1. The van der Waals surface area contributed by atoms with Crippen molar-refractivity contribution in [2.45, 2.75) is 6.61 Å². The van der Waals surface area contributed by atoms with Crippen molar-refractivity contribution in [3.63, 3.8) is 0 Å². The van der Waals surface area contributed by atoms with E-state index in [0.717, 1.165) is 16.5 Å². The Morgan fingerprint density at radius 3 is 2.71 bits per heavy atom. The molecule has 0 spiro atoms. The molecular formula is C17H14N2O2. The lowest BCUT2D eigenvalue weighted by molar-refractivity contribution is 0.0475. The first-order valence-corrected chi connectivity index (χ1v) is 6.60. The number of fused-ring (bicyclic) bond motifs is 1. The van der Waals surface area contributed by atoms with Gasteiger partial charge in [0.15, 0.2) is 0 Å². The maximum Gasteiger partial charge on any atom is 0.340 e. The summed E-state index contributed by atoms with van der Waals surface area (Å²) < 4.78 is 5.34. The van der Waals surface area contributed by atoms with Crippen molar-refractivity contribution in [3.05, 3.63) is 71.9 Å². The molecule has 0 amide bonds. The average Bonchev–Trinajstić information content (AvgIpc) is 2.53. The normalized spacial score (nSPS) is 10.5. The van der Waals surface area contributed by atoms with E-state index in [2.05, 4.69) is 4.98 Å². The van der Waals surface area contributed by atoms with Crippen molar-refractivity contribution in [1.29, 1.82) is 0 Å². The molecule has 4 nitrogen and oxygen atoms in total. The molecule has 0 fully saturated rings. The molecule has 3 rings (SSSR count). The molecule has 104 valence electrons. The highest BCUT2D eigenvalue weighted by atomic mass is 16.5. The van der Waals surface area contributed by atoms with Gasteiger partial charge in [-0.1, -0.05) is 36.4 Å². The monoisotopic (exact) mass is 278 g/mol. The van der Waals surface area contributed by atoms with Crippen LogP contribution >= 0.6 is 0 Å². The Hall–Kier alpha value is -2.88. The highest BCUT2D eigenvalue weighted by Crippen LogP contribution is 2.18. The number of nitrogen functional groups attached to an aromatic ring is 1. The molecule has 4 heteroatoms. The largest absolute Gasteiger partial charge is 0.457 e. The predicted molar refractivity (Wildman–Crippen MR) is 81.7 cm³/mol. The minimum absolute atomic E-state index is 0.168. The third kappa shape index (κ3) is 2.69. The van der Waals surface area contributed by atoms with Crippen molar-refractivity contribution < 1.29 is 9.53 Å². The SMILES string of the molecule is Nc1ccccc1C(=O)OCc1cccc2cccnc12. The minimum Gasteiger partial charge on any atom is -0.457 e. The number of rotatable bonds is 3. The van der Waals surface area contributed by atoms with Gasteiger partial charge in [-0.25, -0.2) is 4.79 Å². The molecule has 0 saturated carbocycles. The number of hydrogen-bond donors (Lipinski definition) is 1. The van der Waals surface area contributed by atoms with Gasteiger partial charge in [-0.2, -0.15) is 0 Å². The van der Waals surface area contributed by atoms with E-state index in [4.69, 9.17) is 10.5 Å². The van der Waals surface area contributed by atoms with Crippen LogP contribution in [0, 0.1) is 0 Å². The van der Waals surface area contributed by atoms with Gasteiger partial charge in [0.1, 0.15) is 6.61 Å². The van der Waals surface area contributed by atoms with E-state index in [-0.39, 0.29) is 6.61 Å². The molecule has 2 aromatic carbocycles. The van der Waals surface area contributed by atoms with Gasteiger partial charge in [0, 0.05) is 22.8 Å². The molecule has 0 saturated heterocycles. The minimum atomic E-state index is -0.430. The van der Waals surface area contributed by atoms with E-state index >= 15 is 0 Å². The van der Waals surface area contributed by atoms with Gasteiger partial charge in [0.25, 0.3) is 0 Å². The summed E-state index contributed by atoms with van der Waals surface area (Å²) in [7, 11) is 0. The van der Waals surface area contributed by atoms with Crippen LogP contribution in [0.2, 0.25) is 0 Å². The first-order valence-electron chi connectivity index (χ1n) is 6.60. The number of hydrogen-bond acceptors (Lipinski definition) is 4. The van der Waals surface area contributed by atoms with Gasteiger partial charge in [0.05, 0.1) is 11.1 Å². The molecule has 1 heterocycles. The Balaban J connectivity index is 1.81. The molecule has 1 aromatic heterocycles. The summed E-state index contributed by atoms with van der Waals surface area (Å²) >= 11 is 0. The zero-order valence-corrected chi connectivity index (χ0v) is 11.3. The summed E-state index contributed by atoms with van der Waals surface area (Å²) in [5.41, 5.74) is 8.28. The molecule has 0 atom stereocenters. The van der Waals surface area contributed by atoms with Gasteiger partial charge < -0.3 is 10.5 Å². The summed E-state index contributed by atoms with van der Waals surface area (Å²) in [6.07, 6.45) is 1.73. The van der Waals surface area contributed by atoms with E-state index in [1.807, 2.05) is 30.3 Å². The van der Waals surface area contributed by atoms with E-state index in [9.17, 15) is 4.79 Å². The average molecular weight is 278 g/mol. The second-order valence-corrected chi connectivity index (χ2v) is 4.66. The molecule has 0 aliphatic rings. The van der Waals surface area contributed by atoms with Crippen LogP contribution in [0.4, 0.5) is 5.69 Å². The Labute approximate surface area is 122 Å². The van der Waals surface area contributed by atoms with Crippen molar-refractivity contribution in [2.75, 3.05) is 5.73 Å². The van der Waals surface area contributed by atoms with Crippen molar-refractivity contribution in [2.24, 2.45) is 0 Å². The number of para-hydroxylation sites is 2. The topological polar surface area (TPSA) is 65.2 Å². The van der Waals surface area contributed by atoms with E-state index < -0.39 is 5.97 Å². The molecule has 0 aliphatic carbocycles. The van der Waals surface area contributed by atoms with Crippen molar-refractivity contribution >= 4 is 22.6 Å². The number of anilines is 1. The Morgan fingerprint density at radius 2 is 1.86 bits per heavy atom. The molecule has 0 unspecified atom stereocenters. The first-order chi connectivity index (χ1) is 10.3. The predicted octanol–water partition coefficient (Wildman–Crippen LogP) is 3.17.